The van der Waals surface area contributed by atoms with Crippen molar-refractivity contribution in [2.24, 2.45) is 5.41 Å². The number of hydrogen-bond acceptors (Lipinski definition) is 1. The summed E-state index contributed by atoms with van der Waals surface area (Å²) in [5.41, 5.74) is -0.00486. The summed E-state index contributed by atoms with van der Waals surface area (Å²) >= 11 is 0. The predicted octanol–water partition coefficient (Wildman–Crippen LogP) is 1.80. The van der Waals surface area contributed by atoms with Gasteiger partial charge in [0.15, 0.2) is 0 Å². The Kier molecular flexibility index (Phi) is 2.50. The first kappa shape index (κ1) is 9.58. The first-order valence-electron chi connectivity index (χ1n) is 5.51. The molecular weight excluding hydrogens is 174 g/mol. The summed E-state index contributed by atoms with van der Waals surface area (Å²) in [5.74, 6) is 2.91. The van der Waals surface area contributed by atoms with E-state index in [2.05, 4.69) is 5.92 Å². The lowest BCUT2D eigenvalue weighted by Gasteiger charge is -2.38. The third-order valence-corrected chi connectivity index (χ3v) is 3.67. The van der Waals surface area contributed by atoms with E-state index in [1.165, 1.54) is 12.8 Å². The predicted molar refractivity (Wildman–Crippen MR) is 55.5 cm³/mol. The molecule has 2 heteroatoms. The minimum absolute atomic E-state index is 0.00486. The van der Waals surface area contributed by atoms with Crippen LogP contribution in [0.2, 0.25) is 0 Å². The van der Waals surface area contributed by atoms with Crippen molar-refractivity contribution in [2.75, 3.05) is 13.1 Å². The quantitative estimate of drug-likeness (QED) is 0.579. The lowest BCUT2D eigenvalue weighted by molar-refractivity contribution is -0.145. The summed E-state index contributed by atoms with van der Waals surface area (Å²) in [6.45, 7) is 1.37. The fourth-order valence-corrected chi connectivity index (χ4v) is 2.93. The monoisotopic (exact) mass is 191 g/mol. The highest BCUT2D eigenvalue weighted by Gasteiger charge is 2.45. The molecule has 1 spiro atoms. The lowest BCUT2D eigenvalue weighted by Crippen LogP contribution is -2.47. The number of rotatable bonds is 1. The summed E-state index contributed by atoms with van der Waals surface area (Å²) in [7, 11) is 0. The molecule has 2 rings (SSSR count). The molecule has 1 amide bonds. The van der Waals surface area contributed by atoms with Crippen molar-refractivity contribution in [1.29, 1.82) is 0 Å². The van der Waals surface area contributed by atoms with Crippen molar-refractivity contribution in [1.82, 2.24) is 4.90 Å². The molecule has 0 N–H and O–H groups in total. The highest BCUT2D eigenvalue weighted by molar-refractivity contribution is 5.84. The molecule has 0 aromatic rings. The second-order valence-corrected chi connectivity index (χ2v) is 4.52. The van der Waals surface area contributed by atoms with Crippen LogP contribution in [-0.2, 0) is 4.79 Å². The van der Waals surface area contributed by atoms with Crippen molar-refractivity contribution in [3.63, 3.8) is 0 Å². The molecule has 14 heavy (non-hydrogen) atoms. The maximum absolute atomic E-state index is 12.2. The fraction of sp³-hybridized carbons (Fsp3) is 0.750. The number of hydrogen-bond donors (Lipinski definition) is 0. The van der Waals surface area contributed by atoms with Gasteiger partial charge in [-0.25, -0.2) is 0 Å². The Labute approximate surface area is 85.7 Å². The zero-order valence-electron chi connectivity index (χ0n) is 8.59. The fourth-order valence-electron chi connectivity index (χ4n) is 2.93. The Morgan fingerprint density at radius 1 is 1.29 bits per heavy atom. The molecule has 0 aromatic carbocycles. The third-order valence-electron chi connectivity index (χ3n) is 3.67. The van der Waals surface area contributed by atoms with Crippen LogP contribution in [0.4, 0.5) is 0 Å². The largest absolute Gasteiger partial charge is 0.331 e. The van der Waals surface area contributed by atoms with E-state index in [0.29, 0.717) is 12.5 Å². The number of likely N-dealkylation sites (tertiary alicyclic amines) is 1. The standard InChI is InChI=1S/C12H17NO/c1-2-9-13-10-5-8-12(11(13)14)6-3-4-7-12/h1H,3-10H2. The van der Waals surface area contributed by atoms with E-state index in [-0.39, 0.29) is 5.41 Å². The minimum atomic E-state index is -0.00486. The smallest absolute Gasteiger partial charge is 0.229 e. The van der Waals surface area contributed by atoms with E-state index in [0.717, 1.165) is 32.2 Å². The number of piperidine rings is 1. The van der Waals surface area contributed by atoms with E-state index in [1.807, 2.05) is 4.90 Å². The number of amides is 1. The van der Waals surface area contributed by atoms with E-state index < -0.39 is 0 Å². The van der Waals surface area contributed by atoms with Crippen molar-refractivity contribution < 1.29 is 4.79 Å². The van der Waals surface area contributed by atoms with Crippen LogP contribution in [0.3, 0.4) is 0 Å². The van der Waals surface area contributed by atoms with Crippen LogP contribution >= 0.6 is 0 Å². The Morgan fingerprint density at radius 3 is 2.57 bits per heavy atom. The SMILES string of the molecule is C#CCN1CCCC2(CCCC2)C1=O. The van der Waals surface area contributed by atoms with Gasteiger partial charge in [-0.1, -0.05) is 18.8 Å². The Morgan fingerprint density at radius 2 is 1.93 bits per heavy atom. The Bertz CT molecular complexity index is 271. The molecule has 1 heterocycles. The summed E-state index contributed by atoms with van der Waals surface area (Å²) in [4.78, 5) is 14.0. The molecule has 0 aromatic heterocycles. The van der Waals surface area contributed by atoms with Crippen LogP contribution in [0.15, 0.2) is 0 Å². The van der Waals surface area contributed by atoms with E-state index in [4.69, 9.17) is 6.42 Å². The molecule has 2 fully saturated rings. The molecule has 1 aliphatic carbocycles. The van der Waals surface area contributed by atoms with Gasteiger partial charge in [-0.15, -0.1) is 6.42 Å². The van der Waals surface area contributed by atoms with Gasteiger partial charge in [0.25, 0.3) is 0 Å². The van der Waals surface area contributed by atoms with Crippen LogP contribution in [0.1, 0.15) is 38.5 Å². The molecular formula is C12H17NO. The van der Waals surface area contributed by atoms with Gasteiger partial charge in [-0.2, -0.15) is 0 Å². The number of nitrogens with zero attached hydrogens (tertiary/aromatic N) is 1. The number of terminal acetylenes is 1. The van der Waals surface area contributed by atoms with Crippen LogP contribution in [0.25, 0.3) is 0 Å². The van der Waals surface area contributed by atoms with Crippen molar-refractivity contribution in [2.45, 2.75) is 38.5 Å². The number of carbonyl (C=O) groups is 1. The zero-order valence-corrected chi connectivity index (χ0v) is 8.59. The van der Waals surface area contributed by atoms with Gasteiger partial charge >= 0.3 is 0 Å². The second kappa shape index (κ2) is 3.65. The number of carbonyl (C=O) groups excluding carboxylic acids is 1. The maximum Gasteiger partial charge on any atom is 0.229 e. The highest BCUT2D eigenvalue weighted by Crippen LogP contribution is 2.45. The summed E-state index contributed by atoms with van der Waals surface area (Å²) in [6, 6.07) is 0. The molecule has 1 saturated heterocycles. The first-order chi connectivity index (χ1) is 6.78. The van der Waals surface area contributed by atoms with Crippen molar-refractivity contribution in [3.05, 3.63) is 0 Å². The van der Waals surface area contributed by atoms with Crippen LogP contribution in [0.5, 0.6) is 0 Å². The molecule has 1 saturated carbocycles. The minimum Gasteiger partial charge on any atom is -0.331 e. The van der Waals surface area contributed by atoms with E-state index in [9.17, 15) is 4.79 Å². The summed E-state index contributed by atoms with van der Waals surface area (Å²) in [5, 5.41) is 0. The van der Waals surface area contributed by atoms with Crippen LogP contribution in [0, 0.1) is 17.8 Å². The van der Waals surface area contributed by atoms with Gasteiger partial charge in [0.05, 0.1) is 6.54 Å². The summed E-state index contributed by atoms with van der Waals surface area (Å²) < 4.78 is 0. The van der Waals surface area contributed by atoms with Gasteiger partial charge < -0.3 is 4.90 Å². The van der Waals surface area contributed by atoms with Gasteiger partial charge in [0.2, 0.25) is 5.91 Å². The molecule has 2 nitrogen and oxygen atoms in total. The van der Waals surface area contributed by atoms with E-state index in [1.54, 1.807) is 0 Å². The zero-order chi connectivity index (χ0) is 10.0. The molecule has 0 radical (unpaired) electrons. The summed E-state index contributed by atoms with van der Waals surface area (Å²) in [6.07, 6.45) is 12.1. The normalized spacial score (nSPS) is 25.4. The van der Waals surface area contributed by atoms with Gasteiger partial charge in [-0.05, 0) is 25.7 Å². The molecule has 76 valence electrons. The van der Waals surface area contributed by atoms with E-state index >= 15 is 0 Å². The van der Waals surface area contributed by atoms with Gasteiger partial charge in [0, 0.05) is 12.0 Å². The molecule has 2 aliphatic rings. The topological polar surface area (TPSA) is 20.3 Å². The van der Waals surface area contributed by atoms with Gasteiger partial charge in [0.1, 0.15) is 0 Å². The second-order valence-electron chi connectivity index (χ2n) is 4.52. The van der Waals surface area contributed by atoms with Crippen LogP contribution < -0.4 is 0 Å². The highest BCUT2D eigenvalue weighted by atomic mass is 16.2. The Hall–Kier alpha value is -0.970. The van der Waals surface area contributed by atoms with Crippen molar-refractivity contribution in [3.8, 4) is 12.3 Å². The average molecular weight is 191 g/mol. The molecule has 0 unspecified atom stereocenters. The molecule has 1 aliphatic heterocycles. The molecule has 0 atom stereocenters. The van der Waals surface area contributed by atoms with Crippen LogP contribution in [-0.4, -0.2) is 23.9 Å². The molecule has 0 bridgehead atoms. The third kappa shape index (κ3) is 1.41. The Balaban J connectivity index is 2.12. The first-order valence-corrected chi connectivity index (χ1v) is 5.51. The maximum atomic E-state index is 12.2. The average Bonchev–Trinajstić information content (AvgIpc) is 2.63. The van der Waals surface area contributed by atoms with Gasteiger partial charge in [-0.3, -0.25) is 4.79 Å². The lowest BCUT2D eigenvalue weighted by atomic mass is 9.77. The van der Waals surface area contributed by atoms with Crippen molar-refractivity contribution >= 4 is 5.91 Å².